The van der Waals surface area contributed by atoms with Gasteiger partial charge >= 0.3 is 0 Å². The first-order chi connectivity index (χ1) is 5.41. The second-order valence-electron chi connectivity index (χ2n) is 2.37. The molecule has 0 bridgehead atoms. The maximum absolute atomic E-state index is 9.84. The minimum absolute atomic E-state index is 0.754. The van der Waals surface area contributed by atoms with Gasteiger partial charge in [0.05, 0.1) is 0 Å². The summed E-state index contributed by atoms with van der Waals surface area (Å²) in [6.07, 6.45) is 9.44. The lowest BCUT2D eigenvalue weighted by molar-refractivity contribution is -0.107. The van der Waals surface area contributed by atoms with Crippen molar-refractivity contribution in [3.05, 3.63) is 0 Å². The fourth-order valence-corrected chi connectivity index (χ4v) is 0.831. The molecule has 0 aromatic heterocycles. The zero-order valence-corrected chi connectivity index (χ0v) is 8.36. The van der Waals surface area contributed by atoms with Gasteiger partial charge in [-0.1, -0.05) is 32.6 Å². The Kier molecular flexibility index (Phi) is 20.3. The zero-order chi connectivity index (χ0) is 8.95. The molecule has 68 valence electrons. The number of carbonyl (C=O) groups is 1. The van der Waals surface area contributed by atoms with E-state index in [0.29, 0.717) is 0 Å². The summed E-state index contributed by atoms with van der Waals surface area (Å²) in [5.74, 6) is 0. The minimum atomic E-state index is 0.754. The van der Waals surface area contributed by atoms with E-state index in [1.54, 1.807) is 0 Å². The number of unbranched alkanes of at least 4 members (excludes halogenated alkanes) is 5. The van der Waals surface area contributed by atoms with Crippen molar-refractivity contribution in [2.45, 2.75) is 45.4 Å². The highest BCUT2D eigenvalue weighted by Crippen LogP contribution is 2.02. The van der Waals surface area contributed by atoms with Gasteiger partial charge in [-0.05, 0) is 6.42 Å². The topological polar surface area (TPSA) is 17.1 Å². The molecule has 0 saturated carbocycles. The van der Waals surface area contributed by atoms with E-state index < -0.39 is 0 Å². The molecule has 0 atom stereocenters. The fourth-order valence-electron chi connectivity index (χ4n) is 0.831. The first-order valence-corrected chi connectivity index (χ1v) is 4.98. The summed E-state index contributed by atoms with van der Waals surface area (Å²) in [6, 6.07) is 0. The molecule has 0 rings (SSSR count). The van der Waals surface area contributed by atoms with Gasteiger partial charge < -0.3 is 4.79 Å². The Hall–Kier alpha value is -0.0400. The van der Waals surface area contributed by atoms with Crippen LogP contribution in [0.15, 0.2) is 0 Å². The molecule has 0 unspecified atom stereocenters. The number of halogens is 1. The third-order valence-corrected chi connectivity index (χ3v) is 1.43. The number of aldehydes is 1. The van der Waals surface area contributed by atoms with Crippen molar-refractivity contribution in [1.82, 2.24) is 0 Å². The van der Waals surface area contributed by atoms with E-state index in [4.69, 9.17) is 0 Å². The summed E-state index contributed by atoms with van der Waals surface area (Å²) in [5.41, 5.74) is 0. The lowest BCUT2D eigenvalue weighted by atomic mass is 10.1. The first kappa shape index (κ1) is 13.5. The van der Waals surface area contributed by atoms with E-state index in [9.17, 15) is 4.79 Å². The monoisotopic (exact) mass is 178 g/mol. The van der Waals surface area contributed by atoms with Crippen molar-refractivity contribution in [2.75, 3.05) is 6.38 Å². The molecular weight excluding hydrogens is 160 g/mol. The number of alkyl halides is 1. The average molecular weight is 179 g/mol. The van der Waals surface area contributed by atoms with Crippen molar-refractivity contribution in [2.24, 2.45) is 0 Å². The first-order valence-electron chi connectivity index (χ1n) is 4.23. The molecule has 0 radical (unpaired) electrons. The average Bonchev–Trinajstić information content (AvgIpc) is 2.08. The molecule has 0 aliphatic rings. The Balaban J connectivity index is 0. The molecule has 0 fully saturated rings. The van der Waals surface area contributed by atoms with Crippen LogP contribution in [0.5, 0.6) is 0 Å². The van der Waals surface area contributed by atoms with Crippen molar-refractivity contribution >= 4 is 17.9 Å². The summed E-state index contributed by atoms with van der Waals surface area (Å²) >= 11 is 4.64. The normalized spacial score (nSPS) is 8.27. The molecule has 1 nitrogen and oxygen atoms in total. The molecule has 0 amide bonds. The van der Waals surface area contributed by atoms with E-state index in [1.807, 2.05) is 0 Å². The van der Waals surface area contributed by atoms with E-state index in [0.717, 1.165) is 19.1 Å². The largest absolute Gasteiger partial charge is 0.303 e. The van der Waals surface area contributed by atoms with Gasteiger partial charge in [-0.25, -0.2) is 0 Å². The van der Waals surface area contributed by atoms with Crippen LogP contribution in [-0.4, -0.2) is 12.7 Å². The van der Waals surface area contributed by atoms with Crippen LogP contribution in [-0.2, 0) is 4.79 Å². The van der Waals surface area contributed by atoms with Crippen LogP contribution in [0.4, 0.5) is 0 Å². The van der Waals surface area contributed by atoms with Gasteiger partial charge in [0.25, 0.3) is 0 Å². The standard InChI is InChI=1S/C8H16O.CH3Cl/c1-2-3-4-5-6-7-8-9;1-2/h8H,2-7H2,1H3;1H3. The summed E-state index contributed by atoms with van der Waals surface area (Å²) in [7, 11) is 0. The van der Waals surface area contributed by atoms with Crippen molar-refractivity contribution in [3.63, 3.8) is 0 Å². The molecule has 11 heavy (non-hydrogen) atoms. The van der Waals surface area contributed by atoms with E-state index in [-0.39, 0.29) is 0 Å². The highest BCUT2D eigenvalue weighted by atomic mass is 35.5. The van der Waals surface area contributed by atoms with Gasteiger partial charge in [-0.3, -0.25) is 0 Å². The minimum Gasteiger partial charge on any atom is -0.303 e. The predicted molar refractivity (Wildman–Crippen MR) is 51.2 cm³/mol. The van der Waals surface area contributed by atoms with E-state index in [1.165, 1.54) is 32.1 Å². The van der Waals surface area contributed by atoms with Gasteiger partial charge in [0, 0.05) is 12.8 Å². The summed E-state index contributed by atoms with van der Waals surface area (Å²) < 4.78 is 0. The fraction of sp³-hybridized carbons (Fsp3) is 0.889. The number of rotatable bonds is 6. The third kappa shape index (κ3) is 17.8. The summed E-state index contributed by atoms with van der Waals surface area (Å²) in [5, 5.41) is 0. The second kappa shape index (κ2) is 16.5. The highest BCUT2D eigenvalue weighted by molar-refractivity contribution is 6.15. The Morgan fingerprint density at radius 3 is 2.09 bits per heavy atom. The van der Waals surface area contributed by atoms with Gasteiger partial charge in [-0.2, -0.15) is 0 Å². The third-order valence-electron chi connectivity index (χ3n) is 1.43. The van der Waals surface area contributed by atoms with E-state index >= 15 is 0 Å². The summed E-state index contributed by atoms with van der Waals surface area (Å²) in [4.78, 5) is 9.84. The van der Waals surface area contributed by atoms with Crippen LogP contribution in [0.2, 0.25) is 0 Å². The molecule has 0 aliphatic carbocycles. The van der Waals surface area contributed by atoms with Crippen molar-refractivity contribution < 1.29 is 4.79 Å². The predicted octanol–water partition coefficient (Wildman–Crippen LogP) is 3.40. The lowest BCUT2D eigenvalue weighted by Gasteiger charge is -1.93. The van der Waals surface area contributed by atoms with Crippen LogP contribution in [0.1, 0.15) is 45.4 Å². The molecular formula is C9H19ClO. The Bertz CT molecular complexity index is 64.6. The molecule has 0 spiro atoms. The summed E-state index contributed by atoms with van der Waals surface area (Å²) in [6.45, 7) is 2.19. The number of hydrogen-bond donors (Lipinski definition) is 0. The molecule has 0 saturated heterocycles. The van der Waals surface area contributed by atoms with Gasteiger partial charge in [-0.15, -0.1) is 11.6 Å². The van der Waals surface area contributed by atoms with Crippen LogP contribution in [0.3, 0.4) is 0 Å². The van der Waals surface area contributed by atoms with Gasteiger partial charge in [0.15, 0.2) is 0 Å². The van der Waals surface area contributed by atoms with Crippen LogP contribution < -0.4 is 0 Å². The second-order valence-corrected chi connectivity index (χ2v) is 2.37. The SMILES string of the molecule is CCCCCCCC=O.CCl. The maximum Gasteiger partial charge on any atom is 0.119 e. The number of carbonyl (C=O) groups excluding carboxylic acids is 1. The van der Waals surface area contributed by atoms with Crippen LogP contribution >= 0.6 is 11.6 Å². The molecule has 0 N–H and O–H groups in total. The van der Waals surface area contributed by atoms with Crippen LogP contribution in [0.25, 0.3) is 0 Å². The maximum atomic E-state index is 9.84. The lowest BCUT2D eigenvalue weighted by Crippen LogP contribution is -1.78. The van der Waals surface area contributed by atoms with Gasteiger partial charge in [0.1, 0.15) is 6.29 Å². The van der Waals surface area contributed by atoms with Crippen LogP contribution in [0, 0.1) is 0 Å². The molecule has 0 aromatic rings. The molecule has 0 heterocycles. The van der Waals surface area contributed by atoms with Gasteiger partial charge in [0.2, 0.25) is 0 Å². The van der Waals surface area contributed by atoms with Crippen molar-refractivity contribution in [3.8, 4) is 0 Å². The molecule has 2 heteroatoms. The smallest absolute Gasteiger partial charge is 0.119 e. The number of hydrogen-bond acceptors (Lipinski definition) is 1. The molecule has 0 aliphatic heterocycles. The van der Waals surface area contributed by atoms with Crippen molar-refractivity contribution in [1.29, 1.82) is 0 Å². The van der Waals surface area contributed by atoms with E-state index in [2.05, 4.69) is 18.5 Å². The quantitative estimate of drug-likeness (QED) is 0.346. The molecule has 0 aromatic carbocycles. The Morgan fingerprint density at radius 1 is 1.09 bits per heavy atom. The highest BCUT2D eigenvalue weighted by Gasteiger charge is 1.85. The zero-order valence-electron chi connectivity index (χ0n) is 7.61. The Morgan fingerprint density at radius 2 is 1.64 bits per heavy atom. The Labute approximate surface area is 75.1 Å².